The average Bonchev–Trinajstić information content (AvgIpc) is 2.72. The van der Waals surface area contributed by atoms with Gasteiger partial charge < -0.3 is 5.11 Å². The molecule has 1 N–H and O–H groups in total. The van der Waals surface area contributed by atoms with Crippen LogP contribution in [0.15, 0.2) is 33.2 Å². The molecule has 0 aliphatic carbocycles. The summed E-state index contributed by atoms with van der Waals surface area (Å²) in [7, 11) is 1.95. The lowest BCUT2D eigenvalue weighted by Crippen LogP contribution is -2.11. The van der Waals surface area contributed by atoms with Crippen LogP contribution in [0.3, 0.4) is 0 Å². The van der Waals surface area contributed by atoms with Crippen LogP contribution >= 0.6 is 31.9 Å². The smallest absolute Gasteiger partial charge is 0.0766 e. The van der Waals surface area contributed by atoms with E-state index < -0.39 is 0 Å². The lowest BCUT2D eigenvalue weighted by Gasteiger charge is -2.16. The van der Waals surface area contributed by atoms with E-state index in [1.165, 1.54) is 0 Å². The molecule has 1 heterocycles. The van der Waals surface area contributed by atoms with Crippen molar-refractivity contribution in [3.05, 3.63) is 50.2 Å². The lowest BCUT2D eigenvalue weighted by molar-refractivity contribution is 0.262. The van der Waals surface area contributed by atoms with E-state index >= 15 is 0 Å². The highest BCUT2D eigenvalue weighted by Gasteiger charge is 2.20. The van der Waals surface area contributed by atoms with Crippen molar-refractivity contribution in [1.82, 2.24) is 9.78 Å². The van der Waals surface area contributed by atoms with Gasteiger partial charge in [0.2, 0.25) is 0 Å². The second kappa shape index (κ2) is 6.87. The molecule has 0 aliphatic rings. The van der Waals surface area contributed by atoms with Gasteiger partial charge in [0.15, 0.2) is 0 Å². The van der Waals surface area contributed by atoms with Crippen LogP contribution < -0.4 is 0 Å². The van der Waals surface area contributed by atoms with Crippen LogP contribution in [0.5, 0.6) is 0 Å². The van der Waals surface area contributed by atoms with Crippen LogP contribution in [0.25, 0.3) is 0 Å². The van der Waals surface area contributed by atoms with E-state index in [2.05, 4.69) is 49.9 Å². The molecule has 0 bridgehead atoms. The second-order valence-corrected chi connectivity index (χ2v) is 6.44. The largest absolute Gasteiger partial charge is 0.396 e. The number of aliphatic hydroxyl groups is 1. The van der Waals surface area contributed by atoms with Gasteiger partial charge >= 0.3 is 0 Å². The Morgan fingerprint density at radius 1 is 1.30 bits per heavy atom. The summed E-state index contributed by atoms with van der Waals surface area (Å²) < 4.78 is 4.00. The van der Waals surface area contributed by atoms with Crippen molar-refractivity contribution < 1.29 is 5.11 Å². The first-order chi connectivity index (χ1) is 9.58. The molecule has 1 aromatic heterocycles. The number of halogens is 2. The third-order valence-corrected chi connectivity index (χ3v) is 5.15. The maximum Gasteiger partial charge on any atom is 0.0766 e. The highest BCUT2D eigenvalue weighted by molar-refractivity contribution is 9.10. The van der Waals surface area contributed by atoms with Gasteiger partial charge in [-0.2, -0.15) is 5.10 Å². The first-order valence-electron chi connectivity index (χ1n) is 6.64. The summed E-state index contributed by atoms with van der Waals surface area (Å²) in [6.07, 6.45) is 1.65. The number of aliphatic hydroxyl groups excluding tert-OH is 1. The van der Waals surface area contributed by atoms with Gasteiger partial charge in [0.1, 0.15) is 0 Å². The van der Waals surface area contributed by atoms with Crippen LogP contribution in [-0.2, 0) is 19.9 Å². The first kappa shape index (κ1) is 15.7. The van der Waals surface area contributed by atoms with Crippen molar-refractivity contribution in [3.63, 3.8) is 0 Å². The van der Waals surface area contributed by atoms with Crippen LogP contribution in [0.1, 0.15) is 29.8 Å². The van der Waals surface area contributed by atoms with Crippen molar-refractivity contribution >= 4 is 31.9 Å². The van der Waals surface area contributed by atoms with Gasteiger partial charge in [-0.25, -0.2) is 0 Å². The monoisotopic (exact) mass is 400 g/mol. The number of aryl methyl sites for hydroxylation is 2. The maximum absolute atomic E-state index is 9.75. The zero-order valence-electron chi connectivity index (χ0n) is 11.6. The predicted octanol–water partition coefficient (Wildman–Crippen LogP) is 3.83. The Morgan fingerprint density at radius 3 is 2.55 bits per heavy atom. The molecule has 1 aromatic carbocycles. The SMILES string of the molecule is CCc1nn(C)c(CC(CO)c2ccccc2Br)c1Br. The topological polar surface area (TPSA) is 38.0 Å². The molecule has 2 rings (SSSR count). The molecular weight excluding hydrogens is 384 g/mol. The van der Waals surface area contributed by atoms with E-state index in [9.17, 15) is 5.11 Å². The minimum Gasteiger partial charge on any atom is -0.396 e. The van der Waals surface area contributed by atoms with Gasteiger partial charge in [-0.3, -0.25) is 4.68 Å². The normalized spacial score (nSPS) is 12.7. The summed E-state index contributed by atoms with van der Waals surface area (Å²) in [5.41, 5.74) is 3.31. The molecule has 1 atom stereocenters. The zero-order valence-corrected chi connectivity index (χ0v) is 14.8. The summed E-state index contributed by atoms with van der Waals surface area (Å²) in [5.74, 6) is 0.0574. The van der Waals surface area contributed by atoms with Crippen LogP contribution in [0.4, 0.5) is 0 Å². The van der Waals surface area contributed by atoms with Crippen molar-refractivity contribution in [1.29, 1.82) is 0 Å². The number of aromatic nitrogens is 2. The molecule has 0 aliphatic heterocycles. The fraction of sp³-hybridized carbons (Fsp3) is 0.400. The number of benzene rings is 1. The Bertz CT molecular complexity index is 596. The molecule has 0 saturated heterocycles. The Kier molecular flexibility index (Phi) is 5.41. The standard InChI is InChI=1S/C15H18Br2N2O/c1-3-13-15(17)14(19(2)18-13)8-10(9-20)11-6-4-5-7-12(11)16/h4-7,10,20H,3,8-9H2,1-2H3. The van der Waals surface area contributed by atoms with E-state index in [0.29, 0.717) is 0 Å². The minimum atomic E-state index is 0.0574. The van der Waals surface area contributed by atoms with Crippen molar-refractivity contribution in [3.8, 4) is 0 Å². The number of hydrogen-bond acceptors (Lipinski definition) is 2. The van der Waals surface area contributed by atoms with Crippen LogP contribution in [0.2, 0.25) is 0 Å². The minimum absolute atomic E-state index is 0.0574. The highest BCUT2D eigenvalue weighted by atomic mass is 79.9. The quantitative estimate of drug-likeness (QED) is 0.826. The van der Waals surface area contributed by atoms with Gasteiger partial charge in [-0.15, -0.1) is 0 Å². The molecule has 0 radical (unpaired) electrons. The maximum atomic E-state index is 9.75. The Labute approximate surface area is 136 Å². The third kappa shape index (κ3) is 3.15. The predicted molar refractivity (Wildman–Crippen MR) is 88.0 cm³/mol. The molecule has 0 amide bonds. The molecule has 0 fully saturated rings. The molecule has 20 heavy (non-hydrogen) atoms. The highest BCUT2D eigenvalue weighted by Crippen LogP contribution is 2.31. The summed E-state index contributed by atoms with van der Waals surface area (Å²) in [6, 6.07) is 8.04. The second-order valence-electron chi connectivity index (χ2n) is 4.79. The average molecular weight is 402 g/mol. The van der Waals surface area contributed by atoms with Gasteiger partial charge in [-0.1, -0.05) is 41.1 Å². The van der Waals surface area contributed by atoms with Crippen molar-refractivity contribution in [2.75, 3.05) is 6.61 Å². The fourth-order valence-corrected chi connectivity index (χ4v) is 3.74. The molecule has 3 nitrogen and oxygen atoms in total. The van der Waals surface area contributed by atoms with Crippen LogP contribution in [-0.4, -0.2) is 21.5 Å². The first-order valence-corrected chi connectivity index (χ1v) is 8.22. The number of hydrogen-bond donors (Lipinski definition) is 1. The molecule has 5 heteroatoms. The van der Waals surface area contributed by atoms with Gasteiger partial charge in [0.05, 0.1) is 22.5 Å². The van der Waals surface area contributed by atoms with E-state index in [4.69, 9.17) is 0 Å². The zero-order chi connectivity index (χ0) is 14.7. The summed E-state index contributed by atoms with van der Waals surface area (Å²) in [4.78, 5) is 0. The van der Waals surface area contributed by atoms with E-state index in [0.717, 1.165) is 38.7 Å². The molecule has 108 valence electrons. The summed E-state index contributed by atoms with van der Waals surface area (Å²) in [5, 5.41) is 14.3. The van der Waals surface area contributed by atoms with Gasteiger partial charge in [0.25, 0.3) is 0 Å². The summed E-state index contributed by atoms with van der Waals surface area (Å²) in [6.45, 7) is 2.20. The molecule has 0 spiro atoms. The molecular formula is C15H18Br2N2O. The van der Waals surface area contributed by atoms with E-state index in [-0.39, 0.29) is 12.5 Å². The molecule has 0 saturated carbocycles. The molecule has 1 unspecified atom stereocenters. The Balaban J connectivity index is 2.32. The number of rotatable bonds is 5. The van der Waals surface area contributed by atoms with Crippen molar-refractivity contribution in [2.45, 2.75) is 25.7 Å². The lowest BCUT2D eigenvalue weighted by atomic mass is 9.95. The van der Waals surface area contributed by atoms with Gasteiger partial charge in [-0.05, 0) is 40.4 Å². The van der Waals surface area contributed by atoms with Crippen LogP contribution in [0, 0.1) is 0 Å². The third-order valence-electron chi connectivity index (χ3n) is 3.51. The van der Waals surface area contributed by atoms with E-state index in [1.807, 2.05) is 29.9 Å². The fourth-order valence-electron chi connectivity index (χ4n) is 2.35. The summed E-state index contributed by atoms with van der Waals surface area (Å²) >= 11 is 7.20. The Hall–Kier alpha value is -0.650. The number of nitrogens with zero attached hydrogens (tertiary/aromatic N) is 2. The van der Waals surface area contributed by atoms with Crippen molar-refractivity contribution in [2.24, 2.45) is 7.05 Å². The molecule has 2 aromatic rings. The van der Waals surface area contributed by atoms with E-state index in [1.54, 1.807) is 0 Å². The van der Waals surface area contributed by atoms with Gasteiger partial charge in [0, 0.05) is 17.4 Å². The Morgan fingerprint density at radius 2 is 2.00 bits per heavy atom.